The molecule has 1 N–H and O–H groups in total. The monoisotopic (exact) mass is 411 g/mol. The van der Waals surface area contributed by atoms with Gasteiger partial charge in [0, 0.05) is 6.04 Å². The molecule has 26 heavy (non-hydrogen) atoms. The molecule has 0 bridgehead atoms. The van der Waals surface area contributed by atoms with Gasteiger partial charge >= 0.3 is 0 Å². The Morgan fingerprint density at radius 2 is 1.88 bits per heavy atom. The van der Waals surface area contributed by atoms with Gasteiger partial charge in [0.1, 0.15) is 5.82 Å². The first kappa shape index (κ1) is 19.5. The Bertz CT molecular complexity index is 780. The van der Waals surface area contributed by atoms with Gasteiger partial charge in [-0.3, -0.25) is 4.79 Å². The molecule has 1 heterocycles. The van der Waals surface area contributed by atoms with Crippen molar-refractivity contribution in [1.29, 1.82) is 0 Å². The second kappa shape index (κ2) is 9.62. The molecular formula is C18H22FN3OS3. The summed E-state index contributed by atoms with van der Waals surface area (Å²) in [6.07, 6.45) is 8.40. The molecule has 0 atom stereocenters. The summed E-state index contributed by atoms with van der Waals surface area (Å²) in [6, 6.07) is 6.34. The summed E-state index contributed by atoms with van der Waals surface area (Å²) in [7, 11) is 0. The fraction of sp³-hybridized carbons (Fsp3) is 0.500. The molecule has 0 radical (unpaired) electrons. The highest BCUT2D eigenvalue weighted by Crippen LogP contribution is 2.24. The molecule has 1 fully saturated rings. The van der Waals surface area contributed by atoms with Crippen LogP contribution >= 0.6 is 35.3 Å². The van der Waals surface area contributed by atoms with Crippen molar-refractivity contribution in [2.45, 2.75) is 55.3 Å². The number of rotatable bonds is 5. The largest absolute Gasteiger partial charge is 0.353 e. The van der Waals surface area contributed by atoms with Crippen molar-refractivity contribution in [2.75, 3.05) is 5.75 Å². The van der Waals surface area contributed by atoms with E-state index in [2.05, 4.69) is 10.4 Å². The molecule has 0 unspecified atom stereocenters. The van der Waals surface area contributed by atoms with Gasteiger partial charge in [0.25, 0.3) is 0 Å². The van der Waals surface area contributed by atoms with Crippen LogP contribution in [0.25, 0.3) is 5.69 Å². The molecule has 1 saturated carbocycles. The third-order valence-corrected chi connectivity index (χ3v) is 6.76. The number of nitrogens with zero attached hydrogens (tertiary/aromatic N) is 2. The smallest absolute Gasteiger partial charge is 0.230 e. The quantitative estimate of drug-likeness (QED) is 0.548. The van der Waals surface area contributed by atoms with E-state index in [4.69, 9.17) is 12.2 Å². The predicted molar refractivity (Wildman–Crippen MR) is 107 cm³/mol. The van der Waals surface area contributed by atoms with Gasteiger partial charge in [0.2, 0.25) is 5.91 Å². The Labute approximate surface area is 166 Å². The third-order valence-electron chi connectivity index (χ3n) is 4.40. The molecule has 0 aliphatic heterocycles. The highest BCUT2D eigenvalue weighted by atomic mass is 32.2. The maximum absolute atomic E-state index is 13.1. The van der Waals surface area contributed by atoms with Crippen LogP contribution in [0, 0.1) is 9.77 Å². The lowest BCUT2D eigenvalue weighted by Crippen LogP contribution is -2.36. The average molecular weight is 412 g/mol. The lowest BCUT2D eigenvalue weighted by Gasteiger charge is -2.20. The number of nitrogens with one attached hydrogen (secondary N) is 1. The Kier molecular flexibility index (Phi) is 7.22. The van der Waals surface area contributed by atoms with E-state index < -0.39 is 0 Å². The van der Waals surface area contributed by atoms with Crippen molar-refractivity contribution in [3.8, 4) is 5.69 Å². The lowest BCUT2D eigenvalue weighted by atomic mass is 9.97. The van der Waals surface area contributed by atoms with Crippen LogP contribution in [0.5, 0.6) is 0 Å². The fourth-order valence-electron chi connectivity index (χ4n) is 3.06. The van der Waals surface area contributed by atoms with Gasteiger partial charge in [0.15, 0.2) is 8.29 Å². The Balaban J connectivity index is 1.54. The first-order valence-corrected chi connectivity index (χ1v) is 11.1. The van der Waals surface area contributed by atoms with Crippen molar-refractivity contribution in [3.63, 3.8) is 0 Å². The van der Waals surface area contributed by atoms with Crippen molar-refractivity contribution >= 4 is 41.2 Å². The minimum Gasteiger partial charge on any atom is -0.353 e. The number of carbonyl (C=O) groups is 1. The van der Waals surface area contributed by atoms with Gasteiger partial charge in [0.05, 0.1) is 11.4 Å². The van der Waals surface area contributed by atoms with E-state index in [1.807, 2.05) is 0 Å². The van der Waals surface area contributed by atoms with Crippen LogP contribution in [-0.4, -0.2) is 27.5 Å². The summed E-state index contributed by atoms with van der Waals surface area (Å²) in [5, 5.41) is 7.61. The molecular weight excluding hydrogens is 389 g/mol. The van der Waals surface area contributed by atoms with E-state index in [-0.39, 0.29) is 11.7 Å². The van der Waals surface area contributed by atoms with E-state index in [0.717, 1.165) is 22.9 Å². The van der Waals surface area contributed by atoms with Crippen LogP contribution in [-0.2, 0) is 4.79 Å². The Morgan fingerprint density at radius 3 is 2.58 bits per heavy atom. The topological polar surface area (TPSA) is 46.9 Å². The van der Waals surface area contributed by atoms with E-state index in [1.165, 1.54) is 67.3 Å². The molecule has 1 aliphatic carbocycles. The van der Waals surface area contributed by atoms with Gasteiger partial charge in [-0.05, 0) is 49.3 Å². The molecule has 0 spiro atoms. The zero-order chi connectivity index (χ0) is 18.4. The SMILES string of the molecule is O=C(CSc1nn(-c2ccc(F)cc2)c(=S)s1)NC1CCCCCCC1. The average Bonchev–Trinajstić information content (AvgIpc) is 2.97. The van der Waals surface area contributed by atoms with E-state index in [1.54, 1.807) is 16.8 Å². The first-order valence-electron chi connectivity index (χ1n) is 8.90. The minimum absolute atomic E-state index is 0.0509. The van der Waals surface area contributed by atoms with Crippen LogP contribution in [0.15, 0.2) is 28.6 Å². The summed E-state index contributed by atoms with van der Waals surface area (Å²) in [6.45, 7) is 0. The molecule has 1 aliphatic rings. The molecule has 1 aromatic carbocycles. The standard InChI is InChI=1S/C18H22FN3OS3/c19-13-8-10-15(11-9-13)22-18(24)26-17(21-22)25-12-16(23)20-14-6-4-2-1-3-5-7-14/h8-11,14H,1-7,12H2,(H,20,23). The van der Waals surface area contributed by atoms with Crippen LogP contribution in [0.3, 0.4) is 0 Å². The van der Waals surface area contributed by atoms with Gasteiger partial charge in [-0.1, -0.05) is 55.2 Å². The highest BCUT2D eigenvalue weighted by Gasteiger charge is 2.15. The van der Waals surface area contributed by atoms with Crippen molar-refractivity contribution in [3.05, 3.63) is 34.0 Å². The summed E-state index contributed by atoms with van der Waals surface area (Å²) in [5.74, 6) is 0.0911. The molecule has 1 aromatic heterocycles. The summed E-state index contributed by atoms with van der Waals surface area (Å²) < 4.78 is 16.0. The van der Waals surface area contributed by atoms with Gasteiger partial charge in [-0.2, -0.15) is 0 Å². The number of hydrogen-bond donors (Lipinski definition) is 1. The van der Waals surface area contributed by atoms with Crippen molar-refractivity contribution in [2.24, 2.45) is 0 Å². The Hall–Kier alpha value is -1.25. The van der Waals surface area contributed by atoms with Crippen LogP contribution < -0.4 is 5.32 Å². The van der Waals surface area contributed by atoms with Crippen LogP contribution in [0.1, 0.15) is 44.9 Å². The number of benzene rings is 1. The van der Waals surface area contributed by atoms with Gasteiger partial charge in [-0.15, -0.1) is 5.10 Å². The maximum Gasteiger partial charge on any atom is 0.230 e. The highest BCUT2D eigenvalue weighted by molar-refractivity contribution is 8.01. The molecule has 3 rings (SSSR count). The number of thioether (sulfide) groups is 1. The molecule has 2 aromatic rings. The second-order valence-corrected chi connectivity index (χ2v) is 9.27. The zero-order valence-electron chi connectivity index (χ0n) is 14.4. The maximum atomic E-state index is 13.1. The van der Waals surface area contributed by atoms with E-state index in [9.17, 15) is 9.18 Å². The number of amides is 1. The number of aromatic nitrogens is 2. The van der Waals surface area contributed by atoms with Crippen molar-refractivity contribution in [1.82, 2.24) is 15.1 Å². The summed E-state index contributed by atoms with van der Waals surface area (Å²) in [5.41, 5.74) is 0.721. The normalized spacial score (nSPS) is 16.0. The van der Waals surface area contributed by atoms with Gasteiger partial charge in [-0.25, -0.2) is 9.07 Å². The van der Waals surface area contributed by atoms with Crippen molar-refractivity contribution < 1.29 is 9.18 Å². The lowest BCUT2D eigenvalue weighted by molar-refractivity contribution is -0.119. The third kappa shape index (κ3) is 5.62. The van der Waals surface area contributed by atoms with E-state index in [0.29, 0.717) is 15.7 Å². The number of carbonyl (C=O) groups excluding carboxylic acids is 1. The summed E-state index contributed by atoms with van der Waals surface area (Å²) >= 11 is 8.09. The fourth-order valence-corrected chi connectivity index (χ4v) is 5.23. The molecule has 1 amide bonds. The van der Waals surface area contributed by atoms with E-state index >= 15 is 0 Å². The number of hydrogen-bond acceptors (Lipinski definition) is 5. The first-order chi connectivity index (χ1) is 12.6. The zero-order valence-corrected chi connectivity index (χ0v) is 16.9. The predicted octanol–water partition coefficient (Wildman–Crippen LogP) is 5.12. The molecule has 0 saturated heterocycles. The minimum atomic E-state index is -0.295. The molecule has 140 valence electrons. The number of halogens is 1. The van der Waals surface area contributed by atoms with Gasteiger partial charge < -0.3 is 5.32 Å². The van der Waals surface area contributed by atoms with Crippen LogP contribution in [0.4, 0.5) is 4.39 Å². The Morgan fingerprint density at radius 1 is 1.23 bits per heavy atom. The second-order valence-electron chi connectivity index (χ2n) is 6.42. The summed E-state index contributed by atoms with van der Waals surface area (Å²) in [4.78, 5) is 12.3. The molecule has 4 nitrogen and oxygen atoms in total. The molecule has 8 heteroatoms. The van der Waals surface area contributed by atoms with Crippen LogP contribution in [0.2, 0.25) is 0 Å².